The monoisotopic (exact) mass is 466 g/mol. The number of esters is 1. The molecule has 3 rings (SSSR count). The highest BCUT2D eigenvalue weighted by molar-refractivity contribution is 6.30. The molecule has 0 saturated heterocycles. The first-order valence-electron chi connectivity index (χ1n) is 10.1. The second-order valence-electron chi connectivity index (χ2n) is 7.01. The van der Waals surface area contributed by atoms with Crippen LogP contribution in [0.15, 0.2) is 78.9 Å². The average molecular weight is 467 g/mol. The minimum Gasteiger partial charge on any atom is -0.496 e. The summed E-state index contributed by atoms with van der Waals surface area (Å²) in [5.74, 6) is -1.32. The fraction of sp³-hybridized carbons (Fsp3) is 0.160. The fourth-order valence-corrected chi connectivity index (χ4v) is 3.27. The molecule has 0 bridgehead atoms. The minimum absolute atomic E-state index is 0.291. The Morgan fingerprint density at radius 2 is 1.52 bits per heavy atom. The number of rotatable bonds is 9. The fourth-order valence-electron chi connectivity index (χ4n) is 3.14. The van der Waals surface area contributed by atoms with Gasteiger partial charge in [-0.25, -0.2) is 0 Å². The van der Waals surface area contributed by atoms with Crippen LogP contribution in [0, 0.1) is 0 Å². The predicted molar refractivity (Wildman–Crippen MR) is 124 cm³/mol. The van der Waals surface area contributed by atoms with Crippen LogP contribution in [0.25, 0.3) is 0 Å². The quantitative estimate of drug-likeness (QED) is 0.470. The summed E-state index contributed by atoms with van der Waals surface area (Å²) < 4.78 is 10.2. The Bertz CT molecular complexity index is 1100. The number of para-hydroxylation sites is 1. The number of methoxy groups -OCH3 is 1. The molecule has 0 aliphatic carbocycles. The van der Waals surface area contributed by atoms with Gasteiger partial charge >= 0.3 is 5.97 Å². The molecular weight excluding hydrogens is 444 g/mol. The first kappa shape index (κ1) is 23.8. The van der Waals surface area contributed by atoms with Gasteiger partial charge in [-0.2, -0.15) is 0 Å². The van der Waals surface area contributed by atoms with Gasteiger partial charge in [-0.05, 0) is 35.4 Å². The molecule has 0 aliphatic heterocycles. The molecule has 0 aliphatic rings. The van der Waals surface area contributed by atoms with Gasteiger partial charge in [-0.15, -0.1) is 0 Å². The summed E-state index contributed by atoms with van der Waals surface area (Å²) in [5, 5.41) is 5.91. The average Bonchev–Trinajstić information content (AvgIpc) is 2.85. The summed E-state index contributed by atoms with van der Waals surface area (Å²) in [5.41, 5.74) is 1.98. The highest BCUT2D eigenvalue weighted by Gasteiger charge is 2.18. The van der Waals surface area contributed by atoms with Crippen molar-refractivity contribution in [3.05, 3.63) is 101 Å². The molecule has 170 valence electrons. The third-order valence-corrected chi connectivity index (χ3v) is 5.00. The lowest BCUT2D eigenvalue weighted by atomic mass is 9.99. The Morgan fingerprint density at radius 1 is 0.879 bits per heavy atom. The third-order valence-electron chi connectivity index (χ3n) is 4.75. The summed E-state index contributed by atoms with van der Waals surface area (Å²) in [6.07, 6.45) is 0. The Hall–Kier alpha value is -3.84. The van der Waals surface area contributed by atoms with Crippen LogP contribution in [0.2, 0.25) is 5.02 Å². The normalized spacial score (nSPS) is 11.2. The van der Waals surface area contributed by atoms with Gasteiger partial charge in [0.25, 0.3) is 11.8 Å². The van der Waals surface area contributed by atoms with E-state index in [0.717, 1.165) is 11.1 Å². The van der Waals surface area contributed by atoms with Gasteiger partial charge in [0.1, 0.15) is 12.3 Å². The molecule has 0 fully saturated rings. The van der Waals surface area contributed by atoms with Gasteiger partial charge in [0.05, 0.1) is 18.7 Å². The van der Waals surface area contributed by atoms with Crippen LogP contribution in [-0.2, 0) is 14.3 Å². The molecule has 0 spiro atoms. The summed E-state index contributed by atoms with van der Waals surface area (Å²) >= 11 is 5.98. The number of halogens is 1. The molecule has 0 aromatic heterocycles. The topological polar surface area (TPSA) is 93.7 Å². The number of carbonyl (C=O) groups excluding carboxylic acids is 3. The highest BCUT2D eigenvalue weighted by atomic mass is 35.5. The second kappa shape index (κ2) is 11.7. The van der Waals surface area contributed by atoms with E-state index in [0.29, 0.717) is 16.3 Å². The first-order valence-corrected chi connectivity index (χ1v) is 10.5. The summed E-state index contributed by atoms with van der Waals surface area (Å²) in [4.78, 5) is 36.8. The highest BCUT2D eigenvalue weighted by Crippen LogP contribution is 2.23. The second-order valence-corrected chi connectivity index (χ2v) is 7.44. The molecule has 0 heterocycles. The molecule has 1 unspecified atom stereocenters. The van der Waals surface area contributed by atoms with Crippen molar-refractivity contribution >= 4 is 29.4 Å². The maximum atomic E-state index is 12.5. The van der Waals surface area contributed by atoms with E-state index < -0.39 is 30.4 Å². The first-order chi connectivity index (χ1) is 16.0. The van der Waals surface area contributed by atoms with E-state index in [2.05, 4.69) is 10.6 Å². The zero-order chi connectivity index (χ0) is 23.6. The number of benzene rings is 3. The zero-order valence-electron chi connectivity index (χ0n) is 17.9. The maximum absolute atomic E-state index is 12.5. The van der Waals surface area contributed by atoms with Gasteiger partial charge in [0.2, 0.25) is 0 Å². The van der Waals surface area contributed by atoms with E-state index in [1.807, 2.05) is 42.5 Å². The van der Waals surface area contributed by atoms with E-state index in [9.17, 15) is 14.4 Å². The summed E-state index contributed by atoms with van der Waals surface area (Å²) in [6.45, 7) is -0.871. The Morgan fingerprint density at radius 3 is 2.21 bits per heavy atom. The van der Waals surface area contributed by atoms with Crippen molar-refractivity contribution in [2.75, 3.05) is 20.3 Å². The van der Waals surface area contributed by atoms with E-state index in [1.54, 1.807) is 36.4 Å². The number of hydrogen-bond acceptors (Lipinski definition) is 5. The number of carbonyl (C=O) groups is 3. The van der Waals surface area contributed by atoms with Crippen LogP contribution >= 0.6 is 11.6 Å². The molecule has 3 aromatic rings. The number of ether oxygens (including phenoxy) is 2. The Kier molecular flexibility index (Phi) is 8.43. The van der Waals surface area contributed by atoms with Crippen molar-refractivity contribution < 1.29 is 23.9 Å². The van der Waals surface area contributed by atoms with Crippen LogP contribution < -0.4 is 15.4 Å². The van der Waals surface area contributed by atoms with Crippen molar-refractivity contribution in [2.24, 2.45) is 0 Å². The van der Waals surface area contributed by atoms with Crippen molar-refractivity contribution in [3.8, 4) is 5.75 Å². The lowest BCUT2D eigenvalue weighted by Crippen LogP contribution is -2.35. The largest absolute Gasteiger partial charge is 0.496 e. The van der Waals surface area contributed by atoms with E-state index >= 15 is 0 Å². The number of nitrogens with one attached hydrogen (secondary N) is 2. The summed E-state index contributed by atoms with van der Waals surface area (Å²) in [7, 11) is 1.45. The lowest BCUT2D eigenvalue weighted by Gasteiger charge is -2.20. The molecule has 3 aromatic carbocycles. The van der Waals surface area contributed by atoms with Crippen LogP contribution in [0.4, 0.5) is 0 Å². The molecular formula is C25H23ClN2O5. The molecule has 0 saturated carbocycles. The molecule has 8 heteroatoms. The van der Waals surface area contributed by atoms with Crippen molar-refractivity contribution in [2.45, 2.75) is 6.04 Å². The van der Waals surface area contributed by atoms with Crippen LogP contribution in [0.5, 0.6) is 5.75 Å². The number of hydrogen-bond donors (Lipinski definition) is 2. The molecule has 2 amide bonds. The number of amides is 2. The van der Waals surface area contributed by atoms with Crippen LogP contribution in [0.1, 0.15) is 27.5 Å². The van der Waals surface area contributed by atoms with E-state index in [-0.39, 0.29) is 6.54 Å². The standard InChI is InChI=1S/C25H23ClN2O5/c1-32-21-10-6-5-9-20(21)25(31)27-15-23(30)33-16-22(29)28-24(17-7-3-2-4-8-17)18-11-13-19(26)14-12-18/h2-14,24H,15-16H2,1H3,(H,27,31)(H,28,29). The SMILES string of the molecule is COc1ccccc1C(=O)NCC(=O)OCC(=O)NC(c1ccccc1)c1ccc(Cl)cc1. The van der Waals surface area contributed by atoms with Crippen LogP contribution in [0.3, 0.4) is 0 Å². The molecule has 33 heavy (non-hydrogen) atoms. The van der Waals surface area contributed by atoms with Crippen molar-refractivity contribution in [1.82, 2.24) is 10.6 Å². The third kappa shape index (κ3) is 6.82. The Labute approximate surface area is 196 Å². The molecule has 7 nitrogen and oxygen atoms in total. The zero-order valence-corrected chi connectivity index (χ0v) is 18.7. The predicted octanol–water partition coefficient (Wildman–Crippen LogP) is 3.53. The lowest BCUT2D eigenvalue weighted by molar-refractivity contribution is -0.147. The summed E-state index contributed by atoms with van der Waals surface area (Å²) in [6, 6.07) is 22.7. The molecule has 1 atom stereocenters. The van der Waals surface area contributed by atoms with Crippen molar-refractivity contribution in [3.63, 3.8) is 0 Å². The van der Waals surface area contributed by atoms with Gasteiger partial charge in [-0.1, -0.05) is 66.2 Å². The van der Waals surface area contributed by atoms with Gasteiger partial charge in [0, 0.05) is 5.02 Å². The maximum Gasteiger partial charge on any atom is 0.325 e. The molecule has 2 N–H and O–H groups in total. The van der Waals surface area contributed by atoms with E-state index in [4.69, 9.17) is 21.1 Å². The smallest absolute Gasteiger partial charge is 0.325 e. The molecule has 0 radical (unpaired) electrons. The van der Waals surface area contributed by atoms with E-state index in [1.165, 1.54) is 7.11 Å². The Balaban J connectivity index is 1.54. The van der Waals surface area contributed by atoms with Gasteiger partial charge in [0.15, 0.2) is 6.61 Å². The minimum atomic E-state index is -0.740. The van der Waals surface area contributed by atoms with Crippen molar-refractivity contribution in [1.29, 1.82) is 0 Å². The van der Waals surface area contributed by atoms with Gasteiger partial charge in [-0.3, -0.25) is 14.4 Å². The van der Waals surface area contributed by atoms with Gasteiger partial charge < -0.3 is 20.1 Å². The van der Waals surface area contributed by atoms with Crippen LogP contribution in [-0.4, -0.2) is 38.0 Å².